The van der Waals surface area contributed by atoms with E-state index in [0.717, 1.165) is 15.5 Å². The van der Waals surface area contributed by atoms with Gasteiger partial charge in [-0.2, -0.15) is 0 Å². The Kier molecular flexibility index (Phi) is 5.44. The van der Waals surface area contributed by atoms with Crippen LogP contribution in [-0.4, -0.2) is 23.4 Å². The summed E-state index contributed by atoms with van der Waals surface area (Å²) in [5, 5.41) is 0.235. The van der Waals surface area contributed by atoms with E-state index >= 15 is 0 Å². The Bertz CT molecular complexity index is 560. The molecule has 0 bridgehead atoms. The molecule has 5 heteroatoms. The van der Waals surface area contributed by atoms with E-state index in [1.807, 2.05) is 42.5 Å². The number of hydrogen-bond donors (Lipinski definition) is 0. The van der Waals surface area contributed by atoms with Crippen molar-refractivity contribution >= 4 is 29.3 Å². The first-order valence-corrected chi connectivity index (χ1v) is 7.34. The number of benzene rings is 1. The van der Waals surface area contributed by atoms with Gasteiger partial charge in [-0.05, 0) is 23.8 Å². The summed E-state index contributed by atoms with van der Waals surface area (Å²) in [6, 6.07) is 13.9. The van der Waals surface area contributed by atoms with E-state index in [4.69, 9.17) is 11.6 Å². The van der Waals surface area contributed by atoms with E-state index in [9.17, 15) is 4.79 Å². The summed E-state index contributed by atoms with van der Waals surface area (Å²) in [4.78, 5) is 16.7. The maximum absolute atomic E-state index is 11.2. The van der Waals surface area contributed by atoms with Crippen LogP contribution < -0.4 is 0 Å². The number of nitrogens with zero attached hydrogens (tertiary/aromatic N) is 1. The van der Waals surface area contributed by atoms with Crippen LogP contribution in [0, 0.1) is 0 Å². The minimum atomic E-state index is -0.672. The highest BCUT2D eigenvalue weighted by Gasteiger charge is 2.16. The average Bonchev–Trinajstić information content (AvgIpc) is 2.49. The monoisotopic (exact) mass is 307 g/mol. The second-order valence-electron chi connectivity index (χ2n) is 4.11. The summed E-state index contributed by atoms with van der Waals surface area (Å²) in [6.45, 7) is 0. The van der Waals surface area contributed by atoms with Crippen LogP contribution in [0.15, 0.2) is 58.6 Å². The molecule has 1 unspecified atom stereocenters. The highest BCUT2D eigenvalue weighted by Crippen LogP contribution is 2.25. The van der Waals surface area contributed by atoms with Crippen LogP contribution in [0.5, 0.6) is 0 Å². The summed E-state index contributed by atoms with van der Waals surface area (Å²) >= 11 is 7.52. The number of carbonyl (C=O) groups is 1. The lowest BCUT2D eigenvalue weighted by Gasteiger charge is -2.07. The van der Waals surface area contributed by atoms with Gasteiger partial charge in [-0.15, -0.1) is 11.6 Å². The summed E-state index contributed by atoms with van der Waals surface area (Å²) in [5.74, 6) is -0.422. The van der Waals surface area contributed by atoms with Gasteiger partial charge >= 0.3 is 5.97 Å². The number of pyridine rings is 1. The molecule has 1 heterocycles. The van der Waals surface area contributed by atoms with Crippen molar-refractivity contribution in [2.75, 3.05) is 7.11 Å². The smallest absolute Gasteiger partial charge is 0.324 e. The molecule has 0 amide bonds. The Labute approximate surface area is 127 Å². The Hall–Kier alpha value is -1.52. The predicted octanol–water partition coefficient (Wildman–Crippen LogP) is 3.56. The van der Waals surface area contributed by atoms with Crippen LogP contribution >= 0.6 is 23.4 Å². The van der Waals surface area contributed by atoms with Gasteiger partial charge in [0.25, 0.3) is 0 Å². The van der Waals surface area contributed by atoms with Crippen molar-refractivity contribution in [2.24, 2.45) is 0 Å². The third-order valence-electron chi connectivity index (χ3n) is 2.64. The molecule has 0 N–H and O–H groups in total. The second kappa shape index (κ2) is 7.31. The lowest BCUT2D eigenvalue weighted by molar-refractivity contribution is -0.140. The summed E-state index contributed by atoms with van der Waals surface area (Å²) in [6.07, 6.45) is 2.15. The number of rotatable bonds is 5. The van der Waals surface area contributed by atoms with Crippen molar-refractivity contribution in [1.82, 2.24) is 4.98 Å². The van der Waals surface area contributed by atoms with Crippen LogP contribution in [0.2, 0.25) is 0 Å². The number of halogens is 1. The summed E-state index contributed by atoms with van der Waals surface area (Å²) in [5.41, 5.74) is 0.910. The number of aromatic nitrogens is 1. The van der Waals surface area contributed by atoms with Crippen LogP contribution in [0.25, 0.3) is 0 Å². The minimum Gasteiger partial charge on any atom is -0.468 e. The SMILES string of the molecule is COC(=O)C(Cl)Cc1ccc(Sc2ccccc2)nc1. The molecule has 1 aromatic carbocycles. The van der Waals surface area contributed by atoms with Gasteiger partial charge in [-0.1, -0.05) is 36.0 Å². The van der Waals surface area contributed by atoms with Crippen molar-refractivity contribution in [3.8, 4) is 0 Å². The molecule has 0 fully saturated rings. The molecule has 104 valence electrons. The van der Waals surface area contributed by atoms with Crippen molar-refractivity contribution in [2.45, 2.75) is 21.7 Å². The molecule has 0 radical (unpaired) electrons. The molecule has 0 aliphatic rings. The van der Waals surface area contributed by atoms with E-state index in [2.05, 4.69) is 9.72 Å². The second-order valence-corrected chi connectivity index (χ2v) is 5.74. The standard InChI is InChI=1S/C15H14ClNO2S/c1-19-15(18)13(16)9-11-7-8-14(17-10-11)20-12-5-3-2-4-6-12/h2-8,10,13H,9H2,1H3. The first-order chi connectivity index (χ1) is 9.69. The highest BCUT2D eigenvalue weighted by molar-refractivity contribution is 7.99. The molecule has 1 aromatic heterocycles. The first kappa shape index (κ1) is 14.9. The molecule has 2 rings (SSSR count). The Balaban J connectivity index is 1.98. The molecule has 3 nitrogen and oxygen atoms in total. The lowest BCUT2D eigenvalue weighted by Crippen LogP contribution is -2.18. The zero-order valence-corrected chi connectivity index (χ0v) is 12.5. The van der Waals surface area contributed by atoms with Crippen LogP contribution in [0.3, 0.4) is 0 Å². The molecule has 0 spiro atoms. The fourth-order valence-corrected chi connectivity index (χ4v) is 2.66. The number of hydrogen-bond acceptors (Lipinski definition) is 4. The van der Waals surface area contributed by atoms with Gasteiger partial charge in [0.1, 0.15) is 10.4 Å². The number of alkyl halides is 1. The fourth-order valence-electron chi connectivity index (χ4n) is 1.62. The van der Waals surface area contributed by atoms with Crippen molar-refractivity contribution in [1.29, 1.82) is 0 Å². The van der Waals surface area contributed by atoms with Crippen LogP contribution in [-0.2, 0) is 16.0 Å². The zero-order valence-electron chi connectivity index (χ0n) is 11.0. The Morgan fingerprint density at radius 1 is 1.30 bits per heavy atom. The van der Waals surface area contributed by atoms with Gasteiger partial charge in [0.05, 0.1) is 7.11 Å². The maximum atomic E-state index is 11.2. The van der Waals surface area contributed by atoms with Crippen molar-refractivity contribution in [3.63, 3.8) is 0 Å². The maximum Gasteiger partial charge on any atom is 0.324 e. The summed E-state index contributed by atoms with van der Waals surface area (Å²) < 4.78 is 4.59. The molecular weight excluding hydrogens is 294 g/mol. The third-order valence-corrected chi connectivity index (χ3v) is 3.93. The quantitative estimate of drug-likeness (QED) is 0.625. The normalized spacial score (nSPS) is 11.9. The average molecular weight is 308 g/mol. The van der Waals surface area contributed by atoms with E-state index in [0.29, 0.717) is 6.42 Å². The number of ether oxygens (including phenoxy) is 1. The molecule has 0 saturated carbocycles. The van der Waals surface area contributed by atoms with Crippen molar-refractivity contribution < 1.29 is 9.53 Å². The topological polar surface area (TPSA) is 39.2 Å². The molecule has 0 aliphatic carbocycles. The molecule has 1 atom stereocenters. The van der Waals surface area contributed by atoms with E-state index in [1.165, 1.54) is 7.11 Å². The van der Waals surface area contributed by atoms with Gasteiger partial charge in [0.2, 0.25) is 0 Å². The first-order valence-electron chi connectivity index (χ1n) is 6.09. The number of esters is 1. The van der Waals surface area contributed by atoms with Gasteiger partial charge in [0.15, 0.2) is 0 Å². The van der Waals surface area contributed by atoms with Gasteiger partial charge in [-0.3, -0.25) is 4.79 Å². The Morgan fingerprint density at radius 3 is 2.65 bits per heavy atom. The van der Waals surface area contributed by atoms with Crippen molar-refractivity contribution in [3.05, 3.63) is 54.2 Å². The fraction of sp³-hybridized carbons (Fsp3) is 0.200. The number of carbonyl (C=O) groups excluding carboxylic acids is 1. The molecular formula is C15H14ClNO2S. The van der Waals surface area contributed by atoms with Gasteiger partial charge < -0.3 is 4.74 Å². The van der Waals surface area contributed by atoms with E-state index in [-0.39, 0.29) is 0 Å². The molecule has 0 aliphatic heterocycles. The van der Waals surface area contributed by atoms with Crippen LogP contribution in [0.4, 0.5) is 0 Å². The van der Waals surface area contributed by atoms with E-state index < -0.39 is 11.3 Å². The zero-order chi connectivity index (χ0) is 14.4. The van der Waals surface area contributed by atoms with E-state index in [1.54, 1.807) is 18.0 Å². The highest BCUT2D eigenvalue weighted by atomic mass is 35.5. The lowest BCUT2D eigenvalue weighted by atomic mass is 10.1. The Morgan fingerprint density at radius 2 is 2.05 bits per heavy atom. The molecule has 0 saturated heterocycles. The van der Waals surface area contributed by atoms with Crippen LogP contribution in [0.1, 0.15) is 5.56 Å². The summed E-state index contributed by atoms with van der Waals surface area (Å²) in [7, 11) is 1.33. The number of methoxy groups -OCH3 is 1. The van der Waals surface area contributed by atoms with Gasteiger partial charge in [0, 0.05) is 17.5 Å². The third kappa shape index (κ3) is 4.25. The molecule has 20 heavy (non-hydrogen) atoms. The van der Waals surface area contributed by atoms with Gasteiger partial charge in [-0.25, -0.2) is 4.98 Å². The molecule has 2 aromatic rings. The largest absolute Gasteiger partial charge is 0.468 e. The minimum absolute atomic E-state index is 0.414. The predicted molar refractivity (Wildman–Crippen MR) is 80.2 cm³/mol.